The van der Waals surface area contributed by atoms with Gasteiger partial charge in [-0.05, 0) is 12.8 Å². The second-order valence-electron chi connectivity index (χ2n) is 4.11. The molecule has 0 bridgehead atoms. The van der Waals surface area contributed by atoms with E-state index < -0.39 is 34.4 Å². The molecule has 9 heteroatoms. The molecule has 8 nitrogen and oxygen atoms in total. The highest BCUT2D eigenvalue weighted by Gasteiger charge is 2.30. The van der Waals surface area contributed by atoms with Gasteiger partial charge in [-0.3, -0.25) is 9.63 Å². The highest BCUT2D eigenvalue weighted by Crippen LogP contribution is 2.18. The van der Waals surface area contributed by atoms with Crippen LogP contribution in [0.3, 0.4) is 0 Å². The number of hydrogen-bond donors (Lipinski definition) is 2. The van der Waals surface area contributed by atoms with Crippen LogP contribution in [0.4, 0.5) is 0 Å². The molecular weight excluding hydrogens is 264 g/mol. The van der Waals surface area contributed by atoms with Crippen molar-refractivity contribution in [1.29, 1.82) is 0 Å². The summed E-state index contributed by atoms with van der Waals surface area (Å²) >= 11 is 0. The number of piperidine rings is 1. The molecule has 0 spiro atoms. The van der Waals surface area contributed by atoms with Gasteiger partial charge in [-0.1, -0.05) is 0 Å². The lowest BCUT2D eigenvalue weighted by atomic mass is 9.99. The topological polar surface area (TPSA) is 113 Å². The van der Waals surface area contributed by atoms with E-state index in [1.165, 1.54) is 4.31 Å². The Balaban J connectivity index is 2.46. The number of nitrogens with one attached hydrogen (secondary N) is 1. The maximum Gasteiger partial charge on any atom is 0.332 e. The fourth-order valence-electron chi connectivity index (χ4n) is 1.71. The van der Waals surface area contributed by atoms with E-state index in [-0.39, 0.29) is 6.54 Å². The highest BCUT2D eigenvalue weighted by molar-refractivity contribution is 7.88. The molecule has 0 radical (unpaired) electrons. The fraction of sp³-hybridized carbons (Fsp3) is 0.778. The smallest absolute Gasteiger partial charge is 0.332 e. The van der Waals surface area contributed by atoms with Crippen LogP contribution in [0.1, 0.15) is 12.8 Å². The lowest BCUT2D eigenvalue weighted by Gasteiger charge is -2.29. The predicted molar refractivity (Wildman–Crippen MR) is 60.9 cm³/mol. The number of nitrogens with zero attached hydrogens (tertiary/aromatic N) is 1. The first-order chi connectivity index (χ1) is 8.30. The molecule has 1 aliphatic rings. The molecule has 1 amide bonds. The standard InChI is InChI=1S/C9H16N2O6S/c1-18(15,16)11-4-2-3-7(5-11)9(14)10-17-6-8(12)13/h7H,2-6H2,1H3,(H,10,14)(H,12,13). The third-order valence-corrected chi connectivity index (χ3v) is 3.86. The van der Waals surface area contributed by atoms with Crippen LogP contribution in [0.2, 0.25) is 0 Å². The summed E-state index contributed by atoms with van der Waals surface area (Å²) in [6.07, 6.45) is 2.23. The largest absolute Gasteiger partial charge is 0.479 e. The third-order valence-electron chi connectivity index (χ3n) is 2.59. The van der Waals surface area contributed by atoms with E-state index in [1.807, 2.05) is 5.48 Å². The predicted octanol–water partition coefficient (Wildman–Crippen LogP) is -1.21. The molecule has 2 N–H and O–H groups in total. The minimum atomic E-state index is -3.31. The van der Waals surface area contributed by atoms with Gasteiger partial charge in [0.1, 0.15) is 0 Å². The molecule has 0 aromatic heterocycles. The summed E-state index contributed by atoms with van der Waals surface area (Å²) in [6, 6.07) is 0. The zero-order valence-corrected chi connectivity index (χ0v) is 10.8. The number of carboxylic acid groups (broad SMARTS) is 1. The van der Waals surface area contributed by atoms with Gasteiger partial charge in [-0.15, -0.1) is 0 Å². The zero-order valence-electron chi connectivity index (χ0n) is 9.96. The van der Waals surface area contributed by atoms with Gasteiger partial charge in [0.05, 0.1) is 12.2 Å². The van der Waals surface area contributed by atoms with Gasteiger partial charge >= 0.3 is 5.97 Å². The maximum atomic E-state index is 11.6. The molecule has 1 atom stereocenters. The van der Waals surface area contributed by atoms with Gasteiger partial charge in [-0.2, -0.15) is 0 Å². The van der Waals surface area contributed by atoms with Crippen molar-refractivity contribution >= 4 is 21.9 Å². The van der Waals surface area contributed by atoms with Crippen LogP contribution in [0.15, 0.2) is 0 Å². The summed E-state index contributed by atoms with van der Waals surface area (Å²) in [5, 5.41) is 8.32. The first-order valence-corrected chi connectivity index (χ1v) is 7.24. The molecule has 1 saturated heterocycles. The highest BCUT2D eigenvalue weighted by atomic mass is 32.2. The van der Waals surface area contributed by atoms with E-state index in [4.69, 9.17) is 5.11 Å². The van der Waals surface area contributed by atoms with E-state index in [0.29, 0.717) is 19.4 Å². The van der Waals surface area contributed by atoms with E-state index in [9.17, 15) is 18.0 Å². The Morgan fingerprint density at radius 2 is 2.17 bits per heavy atom. The van der Waals surface area contributed by atoms with Crippen LogP contribution in [-0.4, -0.2) is 55.7 Å². The second kappa shape index (κ2) is 6.12. The number of sulfonamides is 1. The summed E-state index contributed by atoms with van der Waals surface area (Å²) < 4.78 is 23.9. The summed E-state index contributed by atoms with van der Waals surface area (Å²) in [5.74, 6) is -2.21. The van der Waals surface area contributed by atoms with Crippen LogP contribution in [0.5, 0.6) is 0 Å². The first kappa shape index (κ1) is 14.9. The molecule has 104 valence electrons. The number of aliphatic carboxylic acids is 1. The number of hydrogen-bond acceptors (Lipinski definition) is 5. The van der Waals surface area contributed by atoms with Gasteiger partial charge in [0, 0.05) is 13.1 Å². The van der Waals surface area contributed by atoms with E-state index >= 15 is 0 Å². The van der Waals surface area contributed by atoms with Crippen molar-refractivity contribution < 1.29 is 28.0 Å². The van der Waals surface area contributed by atoms with Crippen LogP contribution in [-0.2, 0) is 24.4 Å². The Morgan fingerprint density at radius 1 is 1.50 bits per heavy atom. The normalized spacial score (nSPS) is 21.5. The molecule has 1 unspecified atom stereocenters. The molecule has 0 aromatic carbocycles. The Bertz CT molecular complexity index is 421. The third kappa shape index (κ3) is 4.59. The summed E-state index contributed by atoms with van der Waals surface area (Å²) in [6.45, 7) is -0.131. The van der Waals surface area contributed by atoms with Crippen molar-refractivity contribution in [2.75, 3.05) is 26.0 Å². The second-order valence-corrected chi connectivity index (χ2v) is 6.09. The molecule has 1 fully saturated rings. The van der Waals surface area contributed by atoms with Crippen molar-refractivity contribution in [3.05, 3.63) is 0 Å². The minimum Gasteiger partial charge on any atom is -0.479 e. The Kier molecular flexibility index (Phi) is 5.05. The quantitative estimate of drug-likeness (QED) is 0.611. The molecule has 1 rings (SSSR count). The number of hydroxylamine groups is 1. The Hall–Kier alpha value is -1.19. The van der Waals surface area contributed by atoms with Crippen molar-refractivity contribution in [2.45, 2.75) is 12.8 Å². The van der Waals surface area contributed by atoms with Crippen molar-refractivity contribution in [2.24, 2.45) is 5.92 Å². The fourth-order valence-corrected chi connectivity index (χ4v) is 2.62. The summed E-state index contributed by atoms with van der Waals surface area (Å²) in [7, 11) is -3.31. The van der Waals surface area contributed by atoms with E-state index in [0.717, 1.165) is 6.26 Å². The van der Waals surface area contributed by atoms with Crippen molar-refractivity contribution in [1.82, 2.24) is 9.79 Å². The molecule has 1 heterocycles. The molecule has 1 aliphatic heterocycles. The monoisotopic (exact) mass is 280 g/mol. The summed E-state index contributed by atoms with van der Waals surface area (Å²) in [4.78, 5) is 26.2. The van der Waals surface area contributed by atoms with E-state index in [2.05, 4.69) is 4.84 Å². The number of carbonyl (C=O) groups excluding carboxylic acids is 1. The molecule has 0 aromatic rings. The lowest BCUT2D eigenvalue weighted by Crippen LogP contribution is -2.45. The average Bonchev–Trinajstić information content (AvgIpc) is 2.27. The van der Waals surface area contributed by atoms with Gasteiger partial charge < -0.3 is 5.11 Å². The Morgan fingerprint density at radius 3 is 2.72 bits per heavy atom. The van der Waals surface area contributed by atoms with Crippen LogP contribution in [0.25, 0.3) is 0 Å². The number of carbonyl (C=O) groups is 2. The number of carboxylic acids is 1. The van der Waals surface area contributed by atoms with Crippen molar-refractivity contribution in [3.8, 4) is 0 Å². The summed E-state index contributed by atoms with van der Waals surface area (Å²) in [5.41, 5.74) is 2.01. The number of rotatable bonds is 5. The van der Waals surface area contributed by atoms with Crippen molar-refractivity contribution in [3.63, 3.8) is 0 Å². The van der Waals surface area contributed by atoms with Crippen LogP contribution in [0, 0.1) is 5.92 Å². The number of amides is 1. The lowest BCUT2D eigenvalue weighted by molar-refractivity contribution is -0.151. The SMILES string of the molecule is CS(=O)(=O)N1CCCC(C(=O)NOCC(=O)O)C1. The zero-order chi connectivity index (χ0) is 13.8. The van der Waals surface area contributed by atoms with Gasteiger partial charge in [0.2, 0.25) is 15.9 Å². The minimum absolute atomic E-state index is 0.0983. The first-order valence-electron chi connectivity index (χ1n) is 5.39. The van der Waals surface area contributed by atoms with Gasteiger partial charge in [-0.25, -0.2) is 23.0 Å². The average molecular weight is 280 g/mol. The molecule has 18 heavy (non-hydrogen) atoms. The molecule has 0 aliphatic carbocycles. The van der Waals surface area contributed by atoms with E-state index in [1.54, 1.807) is 0 Å². The maximum absolute atomic E-state index is 11.6. The Labute approximate surface area is 105 Å². The molecule has 0 saturated carbocycles. The van der Waals surface area contributed by atoms with Gasteiger partial charge in [0.15, 0.2) is 6.61 Å². The molecular formula is C9H16N2O6S. The van der Waals surface area contributed by atoms with Crippen LogP contribution >= 0.6 is 0 Å². The van der Waals surface area contributed by atoms with Crippen LogP contribution < -0.4 is 5.48 Å². The van der Waals surface area contributed by atoms with Gasteiger partial charge in [0.25, 0.3) is 0 Å².